The Bertz CT molecular complexity index is 497. The number of carbonyl (C=O) groups is 1. The molecule has 0 saturated carbocycles. The van der Waals surface area contributed by atoms with Crippen LogP contribution in [0.1, 0.15) is 13.3 Å². The summed E-state index contributed by atoms with van der Waals surface area (Å²) in [5.74, 6) is -0.0134. The number of aromatic nitrogens is 1. The molecular weight excluding hydrogens is 230 g/mol. The molecule has 0 spiro atoms. The molecule has 2 N–H and O–H groups in total. The first-order valence-corrected chi connectivity index (χ1v) is 6.17. The Morgan fingerprint density at radius 2 is 2.28 bits per heavy atom. The number of hydrogen-bond acceptors (Lipinski definition) is 3. The lowest BCUT2D eigenvalue weighted by atomic mass is 9.90. The van der Waals surface area contributed by atoms with Crippen molar-refractivity contribution >= 4 is 5.91 Å². The highest BCUT2D eigenvalue weighted by Crippen LogP contribution is 2.28. The third-order valence-corrected chi connectivity index (χ3v) is 3.61. The van der Waals surface area contributed by atoms with Crippen molar-refractivity contribution in [3.63, 3.8) is 0 Å². The standard InChI is InChI=1S/C13H19N3O2/c1-13(9-14)5-7-16(10-13)12(18)8-15-6-3-2-4-11(15)17/h2-4,6H,5,7-10,14H2,1H3. The minimum atomic E-state index is -0.147. The van der Waals surface area contributed by atoms with Crippen LogP contribution in [0.15, 0.2) is 29.2 Å². The van der Waals surface area contributed by atoms with Crippen molar-refractivity contribution < 1.29 is 4.79 Å². The zero-order valence-electron chi connectivity index (χ0n) is 10.6. The first kappa shape index (κ1) is 12.8. The van der Waals surface area contributed by atoms with Crippen molar-refractivity contribution in [2.75, 3.05) is 19.6 Å². The normalized spacial score (nSPS) is 23.3. The largest absolute Gasteiger partial charge is 0.341 e. The van der Waals surface area contributed by atoms with Crippen molar-refractivity contribution in [2.24, 2.45) is 11.1 Å². The quantitative estimate of drug-likeness (QED) is 0.822. The van der Waals surface area contributed by atoms with Crippen molar-refractivity contribution in [1.29, 1.82) is 0 Å². The van der Waals surface area contributed by atoms with Gasteiger partial charge in [-0.3, -0.25) is 9.59 Å². The molecule has 2 heterocycles. The highest BCUT2D eigenvalue weighted by atomic mass is 16.2. The number of nitrogens with zero attached hydrogens (tertiary/aromatic N) is 2. The number of likely N-dealkylation sites (tertiary alicyclic amines) is 1. The Kier molecular flexibility index (Phi) is 3.52. The van der Waals surface area contributed by atoms with E-state index in [1.54, 1.807) is 23.2 Å². The third-order valence-electron chi connectivity index (χ3n) is 3.61. The van der Waals surface area contributed by atoms with Gasteiger partial charge in [-0.2, -0.15) is 0 Å². The van der Waals surface area contributed by atoms with Gasteiger partial charge >= 0.3 is 0 Å². The predicted molar refractivity (Wildman–Crippen MR) is 69.1 cm³/mol. The molecule has 1 fully saturated rings. The summed E-state index contributed by atoms with van der Waals surface area (Å²) in [5, 5.41) is 0. The Balaban J connectivity index is 2.02. The summed E-state index contributed by atoms with van der Waals surface area (Å²) < 4.78 is 1.43. The molecule has 18 heavy (non-hydrogen) atoms. The van der Waals surface area contributed by atoms with Crippen LogP contribution in [0.3, 0.4) is 0 Å². The molecule has 1 unspecified atom stereocenters. The third kappa shape index (κ3) is 2.61. The van der Waals surface area contributed by atoms with Gasteiger partial charge in [0.1, 0.15) is 6.54 Å². The van der Waals surface area contributed by atoms with E-state index in [-0.39, 0.29) is 23.4 Å². The van der Waals surface area contributed by atoms with Crippen LogP contribution in [0.25, 0.3) is 0 Å². The van der Waals surface area contributed by atoms with E-state index in [4.69, 9.17) is 5.73 Å². The minimum absolute atomic E-state index is 0.0134. The van der Waals surface area contributed by atoms with Gasteiger partial charge in [0.2, 0.25) is 5.91 Å². The van der Waals surface area contributed by atoms with E-state index in [9.17, 15) is 9.59 Å². The molecule has 1 aliphatic rings. The lowest BCUT2D eigenvalue weighted by Crippen LogP contribution is -2.37. The van der Waals surface area contributed by atoms with E-state index >= 15 is 0 Å². The second kappa shape index (κ2) is 4.94. The highest BCUT2D eigenvalue weighted by Gasteiger charge is 2.34. The summed E-state index contributed by atoms with van der Waals surface area (Å²) in [5.41, 5.74) is 5.59. The highest BCUT2D eigenvalue weighted by molar-refractivity contribution is 5.76. The maximum absolute atomic E-state index is 12.1. The second-order valence-corrected chi connectivity index (χ2v) is 5.25. The van der Waals surface area contributed by atoms with Crippen LogP contribution in [-0.2, 0) is 11.3 Å². The predicted octanol–water partition coefficient (Wildman–Crippen LogP) is 0.0456. The van der Waals surface area contributed by atoms with Crippen LogP contribution in [0.4, 0.5) is 0 Å². The number of rotatable bonds is 3. The van der Waals surface area contributed by atoms with Gasteiger partial charge < -0.3 is 15.2 Å². The second-order valence-electron chi connectivity index (χ2n) is 5.25. The van der Waals surface area contributed by atoms with E-state index in [2.05, 4.69) is 6.92 Å². The lowest BCUT2D eigenvalue weighted by Gasteiger charge is -2.22. The van der Waals surface area contributed by atoms with E-state index < -0.39 is 0 Å². The average molecular weight is 249 g/mol. The van der Waals surface area contributed by atoms with Crippen LogP contribution in [0.5, 0.6) is 0 Å². The molecular formula is C13H19N3O2. The molecule has 0 aromatic carbocycles. The van der Waals surface area contributed by atoms with Crippen molar-refractivity contribution in [1.82, 2.24) is 9.47 Å². The molecule has 1 atom stereocenters. The van der Waals surface area contributed by atoms with Crippen LogP contribution >= 0.6 is 0 Å². The molecule has 0 radical (unpaired) electrons. The smallest absolute Gasteiger partial charge is 0.250 e. The summed E-state index contributed by atoms with van der Waals surface area (Å²) >= 11 is 0. The number of nitrogens with two attached hydrogens (primary N) is 1. The van der Waals surface area contributed by atoms with Gasteiger partial charge in [0, 0.05) is 25.4 Å². The fourth-order valence-electron chi connectivity index (χ4n) is 2.24. The number of pyridine rings is 1. The van der Waals surface area contributed by atoms with E-state index in [0.29, 0.717) is 13.1 Å². The molecule has 1 aliphatic heterocycles. The number of amides is 1. The maximum Gasteiger partial charge on any atom is 0.250 e. The molecule has 1 aromatic rings. The summed E-state index contributed by atoms with van der Waals surface area (Å²) in [6, 6.07) is 4.88. The van der Waals surface area contributed by atoms with Crippen molar-refractivity contribution in [3.05, 3.63) is 34.7 Å². The molecule has 2 rings (SSSR count). The molecule has 5 nitrogen and oxygen atoms in total. The summed E-state index contributed by atoms with van der Waals surface area (Å²) in [7, 11) is 0. The molecule has 1 saturated heterocycles. The van der Waals surface area contributed by atoms with Gasteiger partial charge in [-0.25, -0.2) is 0 Å². The Labute approximate surface area is 106 Å². The zero-order valence-corrected chi connectivity index (χ0v) is 10.6. The van der Waals surface area contributed by atoms with Gasteiger partial charge in [0.05, 0.1) is 0 Å². The minimum Gasteiger partial charge on any atom is -0.341 e. The lowest BCUT2D eigenvalue weighted by molar-refractivity contribution is -0.131. The van der Waals surface area contributed by atoms with Crippen molar-refractivity contribution in [2.45, 2.75) is 19.9 Å². The monoisotopic (exact) mass is 249 g/mol. The van der Waals surface area contributed by atoms with Crippen LogP contribution < -0.4 is 11.3 Å². The van der Waals surface area contributed by atoms with Crippen LogP contribution in [-0.4, -0.2) is 35.0 Å². The summed E-state index contributed by atoms with van der Waals surface area (Å²) in [6.45, 7) is 4.20. The molecule has 1 aromatic heterocycles. The number of hydrogen-bond donors (Lipinski definition) is 1. The summed E-state index contributed by atoms with van der Waals surface area (Å²) in [6.07, 6.45) is 2.57. The first-order chi connectivity index (χ1) is 8.54. The topological polar surface area (TPSA) is 68.3 Å². The van der Waals surface area contributed by atoms with E-state index in [1.807, 2.05) is 0 Å². The zero-order chi connectivity index (χ0) is 13.2. The van der Waals surface area contributed by atoms with E-state index in [0.717, 1.165) is 13.0 Å². The van der Waals surface area contributed by atoms with Gasteiger partial charge in [-0.1, -0.05) is 13.0 Å². The Morgan fingerprint density at radius 1 is 1.50 bits per heavy atom. The summed E-state index contributed by atoms with van der Waals surface area (Å²) in [4.78, 5) is 25.4. The SMILES string of the molecule is CC1(CN)CCN(C(=O)Cn2ccccc2=O)C1. The Morgan fingerprint density at radius 3 is 2.89 bits per heavy atom. The molecule has 0 aliphatic carbocycles. The molecule has 98 valence electrons. The maximum atomic E-state index is 12.1. The van der Waals surface area contributed by atoms with Gasteiger partial charge in [0.15, 0.2) is 0 Å². The van der Waals surface area contributed by atoms with Gasteiger partial charge in [0.25, 0.3) is 5.56 Å². The van der Waals surface area contributed by atoms with Crippen LogP contribution in [0.2, 0.25) is 0 Å². The van der Waals surface area contributed by atoms with Crippen molar-refractivity contribution in [3.8, 4) is 0 Å². The molecule has 5 heteroatoms. The van der Waals surface area contributed by atoms with E-state index in [1.165, 1.54) is 10.6 Å². The number of carbonyl (C=O) groups excluding carboxylic acids is 1. The fourth-order valence-corrected chi connectivity index (χ4v) is 2.24. The Hall–Kier alpha value is -1.62. The molecule has 1 amide bonds. The molecule has 0 bridgehead atoms. The first-order valence-electron chi connectivity index (χ1n) is 6.17. The van der Waals surface area contributed by atoms with Crippen LogP contribution in [0, 0.1) is 5.41 Å². The van der Waals surface area contributed by atoms with Gasteiger partial charge in [-0.05, 0) is 24.4 Å². The van der Waals surface area contributed by atoms with Gasteiger partial charge in [-0.15, -0.1) is 0 Å². The fraction of sp³-hybridized carbons (Fsp3) is 0.538. The average Bonchev–Trinajstić information content (AvgIpc) is 2.76.